The van der Waals surface area contributed by atoms with Crippen LogP contribution in [0, 0.1) is 0 Å². The van der Waals surface area contributed by atoms with Gasteiger partial charge in [-0.3, -0.25) is 0 Å². The fourth-order valence-corrected chi connectivity index (χ4v) is 2.25. The average molecular weight is 303 g/mol. The fraction of sp³-hybridized carbons (Fsp3) is 0.0714. The molecule has 0 N–H and O–H groups in total. The highest BCUT2D eigenvalue weighted by Gasteiger charge is 2.11. The molecule has 0 radical (unpaired) electrons. The summed E-state index contributed by atoms with van der Waals surface area (Å²) in [6.07, 6.45) is 1.66. The van der Waals surface area contributed by atoms with Gasteiger partial charge in [-0.15, -0.1) is 0 Å². The van der Waals surface area contributed by atoms with Gasteiger partial charge >= 0.3 is 0 Å². The van der Waals surface area contributed by atoms with Crippen molar-refractivity contribution in [3.8, 4) is 17.1 Å². The Morgan fingerprint density at radius 2 is 1.94 bits per heavy atom. The van der Waals surface area contributed by atoms with Crippen molar-refractivity contribution in [3.63, 3.8) is 0 Å². The van der Waals surface area contributed by atoms with Crippen LogP contribution in [0.2, 0.25) is 0 Å². The van der Waals surface area contributed by atoms with Crippen molar-refractivity contribution in [2.45, 2.75) is 5.33 Å². The molecule has 0 aliphatic carbocycles. The summed E-state index contributed by atoms with van der Waals surface area (Å²) in [6.45, 7) is 0. The molecule has 0 saturated heterocycles. The molecule has 0 amide bonds. The first-order chi connectivity index (χ1) is 8.88. The van der Waals surface area contributed by atoms with Gasteiger partial charge in [-0.25, -0.2) is 4.68 Å². The van der Waals surface area contributed by atoms with Gasteiger partial charge in [-0.05, 0) is 30.3 Å². The second-order valence-electron chi connectivity index (χ2n) is 3.88. The van der Waals surface area contributed by atoms with Gasteiger partial charge < -0.3 is 4.42 Å². The summed E-state index contributed by atoms with van der Waals surface area (Å²) in [7, 11) is 0. The lowest BCUT2D eigenvalue weighted by molar-refractivity contribution is 0.579. The largest absolute Gasteiger partial charge is 0.463 e. The normalized spacial score (nSPS) is 10.7. The van der Waals surface area contributed by atoms with E-state index in [2.05, 4.69) is 21.0 Å². The molecule has 0 spiro atoms. The Morgan fingerprint density at radius 3 is 2.61 bits per heavy atom. The zero-order chi connectivity index (χ0) is 12.4. The van der Waals surface area contributed by atoms with Crippen LogP contribution >= 0.6 is 15.9 Å². The molecule has 90 valence electrons. The maximum atomic E-state index is 5.38. The van der Waals surface area contributed by atoms with Crippen LogP contribution in [-0.4, -0.2) is 9.78 Å². The molecule has 4 heteroatoms. The summed E-state index contributed by atoms with van der Waals surface area (Å²) in [6, 6.07) is 15.9. The molecule has 3 rings (SSSR count). The third-order valence-corrected chi connectivity index (χ3v) is 3.27. The Hall–Kier alpha value is -1.81. The maximum absolute atomic E-state index is 5.38. The van der Waals surface area contributed by atoms with E-state index in [0.29, 0.717) is 0 Å². The van der Waals surface area contributed by atoms with Crippen molar-refractivity contribution in [3.05, 3.63) is 60.5 Å². The molecule has 3 aromatic rings. The van der Waals surface area contributed by atoms with Crippen LogP contribution in [0.3, 0.4) is 0 Å². The van der Waals surface area contributed by atoms with Gasteiger partial charge in [0.2, 0.25) is 0 Å². The number of aromatic nitrogens is 2. The third-order valence-electron chi connectivity index (χ3n) is 2.69. The molecule has 0 saturated carbocycles. The molecular weight excluding hydrogens is 292 g/mol. The molecule has 0 unspecified atom stereocenters. The summed E-state index contributed by atoms with van der Waals surface area (Å²) >= 11 is 3.49. The van der Waals surface area contributed by atoms with Crippen molar-refractivity contribution < 1.29 is 4.42 Å². The van der Waals surface area contributed by atoms with Crippen molar-refractivity contribution in [1.29, 1.82) is 0 Å². The molecule has 0 aliphatic rings. The van der Waals surface area contributed by atoms with Crippen LogP contribution in [0.4, 0.5) is 0 Å². The number of halogens is 1. The van der Waals surface area contributed by atoms with E-state index in [1.807, 2.05) is 53.2 Å². The van der Waals surface area contributed by atoms with Gasteiger partial charge in [0, 0.05) is 5.33 Å². The molecule has 3 nitrogen and oxygen atoms in total. The van der Waals surface area contributed by atoms with E-state index in [1.54, 1.807) is 6.26 Å². The van der Waals surface area contributed by atoms with Gasteiger partial charge in [-0.2, -0.15) is 5.10 Å². The van der Waals surface area contributed by atoms with Crippen molar-refractivity contribution >= 4 is 15.9 Å². The Balaban J connectivity index is 2.10. The monoisotopic (exact) mass is 302 g/mol. The maximum Gasteiger partial charge on any atom is 0.154 e. The number of benzene rings is 1. The highest BCUT2D eigenvalue weighted by Crippen LogP contribution is 2.23. The van der Waals surface area contributed by atoms with E-state index >= 15 is 0 Å². The predicted octanol–water partition coefficient (Wildman–Crippen LogP) is 4.03. The van der Waals surface area contributed by atoms with Gasteiger partial charge in [0.05, 0.1) is 17.6 Å². The summed E-state index contributed by atoms with van der Waals surface area (Å²) in [4.78, 5) is 0. The van der Waals surface area contributed by atoms with Gasteiger partial charge in [0.1, 0.15) is 5.69 Å². The number of hydrogen-bond acceptors (Lipinski definition) is 2. The summed E-state index contributed by atoms with van der Waals surface area (Å²) < 4.78 is 7.30. The van der Waals surface area contributed by atoms with E-state index in [1.165, 1.54) is 0 Å². The summed E-state index contributed by atoms with van der Waals surface area (Å²) in [5.74, 6) is 0.784. The van der Waals surface area contributed by atoms with E-state index in [9.17, 15) is 0 Å². The van der Waals surface area contributed by atoms with Crippen LogP contribution in [0.25, 0.3) is 17.1 Å². The van der Waals surface area contributed by atoms with Crippen LogP contribution in [0.1, 0.15) is 5.69 Å². The highest BCUT2D eigenvalue weighted by molar-refractivity contribution is 9.08. The number of alkyl halides is 1. The smallest absolute Gasteiger partial charge is 0.154 e. The lowest BCUT2D eigenvalue weighted by Crippen LogP contribution is -1.99. The lowest BCUT2D eigenvalue weighted by atomic mass is 10.3. The fourth-order valence-electron chi connectivity index (χ4n) is 1.85. The number of nitrogens with zero attached hydrogens (tertiary/aromatic N) is 2. The van der Waals surface area contributed by atoms with Crippen LogP contribution in [0.15, 0.2) is 59.2 Å². The van der Waals surface area contributed by atoms with Crippen molar-refractivity contribution in [1.82, 2.24) is 9.78 Å². The Bertz CT molecular complexity index is 629. The molecule has 18 heavy (non-hydrogen) atoms. The number of rotatable bonds is 3. The molecule has 0 fully saturated rings. The lowest BCUT2D eigenvalue weighted by Gasteiger charge is -2.04. The van der Waals surface area contributed by atoms with Crippen molar-refractivity contribution in [2.24, 2.45) is 0 Å². The first-order valence-corrected chi connectivity index (χ1v) is 6.75. The van der Waals surface area contributed by atoms with Crippen LogP contribution in [-0.2, 0) is 5.33 Å². The first kappa shape index (κ1) is 11.3. The first-order valence-electron chi connectivity index (χ1n) is 5.62. The van der Waals surface area contributed by atoms with E-state index < -0.39 is 0 Å². The minimum absolute atomic E-state index is 0.746. The predicted molar refractivity (Wildman–Crippen MR) is 73.9 cm³/mol. The zero-order valence-electron chi connectivity index (χ0n) is 9.58. The highest BCUT2D eigenvalue weighted by atomic mass is 79.9. The van der Waals surface area contributed by atoms with Gasteiger partial charge in [-0.1, -0.05) is 34.1 Å². The zero-order valence-corrected chi connectivity index (χ0v) is 11.2. The van der Waals surface area contributed by atoms with Gasteiger partial charge in [0.15, 0.2) is 5.76 Å². The molecule has 2 aromatic heterocycles. The molecule has 0 aliphatic heterocycles. The quantitative estimate of drug-likeness (QED) is 0.684. The second-order valence-corrected chi connectivity index (χ2v) is 4.44. The molecule has 0 atom stereocenters. The minimum atomic E-state index is 0.746. The van der Waals surface area contributed by atoms with E-state index in [-0.39, 0.29) is 0 Å². The van der Waals surface area contributed by atoms with Crippen LogP contribution in [0.5, 0.6) is 0 Å². The molecule has 0 bridgehead atoms. The van der Waals surface area contributed by atoms with Crippen molar-refractivity contribution in [2.75, 3.05) is 0 Å². The third kappa shape index (κ3) is 1.99. The van der Waals surface area contributed by atoms with E-state index in [0.717, 1.165) is 28.2 Å². The Labute approximate surface area is 113 Å². The summed E-state index contributed by atoms with van der Waals surface area (Å²) in [5.41, 5.74) is 2.98. The van der Waals surface area contributed by atoms with Gasteiger partial charge in [0.25, 0.3) is 0 Å². The average Bonchev–Trinajstić information content (AvgIpc) is 3.08. The number of furan rings is 1. The molecule has 1 aromatic carbocycles. The standard InChI is InChI=1S/C14H11BrN2O/c15-10-12-9-13(14-7-4-8-18-14)16-17(12)11-5-2-1-3-6-11/h1-9H,10H2. The van der Waals surface area contributed by atoms with E-state index in [4.69, 9.17) is 4.42 Å². The Kier molecular flexibility index (Phi) is 3.02. The SMILES string of the molecule is BrCc1cc(-c2ccco2)nn1-c1ccccc1. The molecule has 2 heterocycles. The van der Waals surface area contributed by atoms with Crippen LogP contribution < -0.4 is 0 Å². The minimum Gasteiger partial charge on any atom is -0.463 e. The Morgan fingerprint density at radius 1 is 1.11 bits per heavy atom. The number of para-hydroxylation sites is 1. The topological polar surface area (TPSA) is 31.0 Å². The summed E-state index contributed by atoms with van der Waals surface area (Å²) in [5, 5.41) is 5.33. The molecular formula is C14H11BrN2O. The second kappa shape index (κ2) is 4.82. The number of hydrogen-bond donors (Lipinski definition) is 0.